The smallest absolute Gasteiger partial charge is 0.191 e. The highest BCUT2D eigenvalue weighted by Gasteiger charge is 1.94. The van der Waals surface area contributed by atoms with Gasteiger partial charge in [0.05, 0.1) is 0 Å². The Hall–Kier alpha value is -0.680. The Labute approximate surface area is 76.0 Å². The molecule has 6 heteroatoms. The van der Waals surface area contributed by atoms with Gasteiger partial charge in [-0.05, 0) is 0 Å². The minimum atomic E-state index is -0.207. The van der Waals surface area contributed by atoms with Gasteiger partial charge in [0.25, 0.3) is 0 Å². The van der Waals surface area contributed by atoms with Gasteiger partial charge >= 0.3 is 0 Å². The summed E-state index contributed by atoms with van der Waals surface area (Å²) in [6, 6.07) is 0. The predicted molar refractivity (Wildman–Crippen MR) is 52.7 cm³/mol. The average Bonchev–Trinajstić information content (AvgIpc) is 1.82. The predicted octanol–water partition coefficient (Wildman–Crippen LogP) is 0.745. The molecule has 0 radical (unpaired) electrons. The van der Waals surface area contributed by atoms with Crippen molar-refractivity contribution in [2.75, 3.05) is 5.75 Å². The number of guanidine groups is 1. The zero-order valence-corrected chi connectivity index (χ0v) is 7.52. The van der Waals surface area contributed by atoms with Crippen molar-refractivity contribution >= 4 is 35.3 Å². The van der Waals surface area contributed by atoms with Crippen molar-refractivity contribution in [3.8, 4) is 0 Å². The van der Waals surface area contributed by atoms with Gasteiger partial charge in [0.2, 0.25) is 0 Å². The maximum atomic E-state index is 7.11. The van der Waals surface area contributed by atoms with Gasteiger partial charge in [-0.1, -0.05) is 17.8 Å². The van der Waals surface area contributed by atoms with Gasteiger partial charge in [0.15, 0.2) is 11.1 Å². The SMILES string of the molecule is C=CCSC(=N)NC(=N)N.Cl. The summed E-state index contributed by atoms with van der Waals surface area (Å²) in [7, 11) is 0. The molecular formula is C5H11ClN4S. The van der Waals surface area contributed by atoms with Crippen LogP contribution in [0.5, 0.6) is 0 Å². The van der Waals surface area contributed by atoms with Gasteiger partial charge < -0.3 is 11.1 Å². The second-order valence-electron chi connectivity index (χ2n) is 1.47. The van der Waals surface area contributed by atoms with Crippen LogP contribution in [0, 0.1) is 10.8 Å². The lowest BCUT2D eigenvalue weighted by atomic mass is 10.8. The number of hydrogen-bond acceptors (Lipinski definition) is 3. The monoisotopic (exact) mass is 194 g/mol. The molecule has 0 aliphatic rings. The summed E-state index contributed by atoms with van der Waals surface area (Å²) in [4.78, 5) is 0. The van der Waals surface area contributed by atoms with Crippen LogP contribution in [0.4, 0.5) is 0 Å². The Morgan fingerprint density at radius 3 is 2.55 bits per heavy atom. The highest BCUT2D eigenvalue weighted by molar-refractivity contribution is 8.13. The third kappa shape index (κ3) is 9.32. The molecule has 4 nitrogen and oxygen atoms in total. The highest BCUT2D eigenvalue weighted by atomic mass is 35.5. The van der Waals surface area contributed by atoms with Gasteiger partial charge in [0, 0.05) is 5.75 Å². The molecule has 0 aromatic heterocycles. The lowest BCUT2D eigenvalue weighted by Crippen LogP contribution is -2.33. The molecule has 0 saturated heterocycles. The van der Waals surface area contributed by atoms with Gasteiger partial charge in [0.1, 0.15) is 0 Å². The molecule has 0 atom stereocenters. The van der Waals surface area contributed by atoms with E-state index in [1.54, 1.807) is 6.08 Å². The molecule has 0 amide bonds. The molecule has 0 unspecified atom stereocenters. The van der Waals surface area contributed by atoms with Crippen molar-refractivity contribution < 1.29 is 0 Å². The molecule has 0 aromatic rings. The van der Waals surface area contributed by atoms with E-state index in [0.29, 0.717) is 5.75 Å². The standard InChI is InChI=1S/C5H10N4S.ClH/c1-2-3-10-5(8)9-4(6)7;/h2H,1,3H2,(H5,6,7,8,9);1H. The van der Waals surface area contributed by atoms with Crippen molar-refractivity contribution in [3.63, 3.8) is 0 Å². The summed E-state index contributed by atoms with van der Waals surface area (Å²) in [6.07, 6.45) is 1.68. The first kappa shape index (κ1) is 12.9. The molecule has 0 heterocycles. The van der Waals surface area contributed by atoms with Crippen LogP contribution >= 0.6 is 24.2 Å². The Morgan fingerprint density at radius 1 is 1.64 bits per heavy atom. The van der Waals surface area contributed by atoms with Gasteiger partial charge in [-0.15, -0.1) is 19.0 Å². The average molecular weight is 195 g/mol. The molecular weight excluding hydrogens is 184 g/mol. The van der Waals surface area contributed by atoms with Gasteiger partial charge in [-0.25, -0.2) is 0 Å². The number of hydrogen-bond donors (Lipinski definition) is 4. The minimum Gasteiger partial charge on any atom is -0.370 e. The second-order valence-corrected chi connectivity index (χ2v) is 2.50. The molecule has 0 aliphatic carbocycles. The lowest BCUT2D eigenvalue weighted by Gasteiger charge is -2.01. The number of rotatable bonds is 2. The molecule has 0 fully saturated rings. The highest BCUT2D eigenvalue weighted by Crippen LogP contribution is 1.97. The third-order valence-corrected chi connectivity index (χ3v) is 1.39. The quantitative estimate of drug-likeness (QED) is 0.297. The summed E-state index contributed by atoms with van der Waals surface area (Å²) >= 11 is 1.24. The Morgan fingerprint density at radius 2 is 2.18 bits per heavy atom. The Balaban J connectivity index is 0. The summed E-state index contributed by atoms with van der Waals surface area (Å²) in [5, 5.41) is 16.4. The molecule has 11 heavy (non-hydrogen) atoms. The summed E-state index contributed by atoms with van der Waals surface area (Å²) < 4.78 is 0. The first-order chi connectivity index (χ1) is 4.66. The van der Waals surface area contributed by atoms with Crippen LogP contribution < -0.4 is 11.1 Å². The molecule has 0 aromatic carbocycles. The van der Waals surface area contributed by atoms with Crippen LogP contribution in [-0.2, 0) is 0 Å². The molecule has 0 rings (SSSR count). The number of thioether (sulfide) groups is 1. The normalized spacial score (nSPS) is 7.64. The van der Waals surface area contributed by atoms with Crippen molar-refractivity contribution in [3.05, 3.63) is 12.7 Å². The van der Waals surface area contributed by atoms with E-state index in [2.05, 4.69) is 11.9 Å². The number of halogens is 1. The molecule has 0 bridgehead atoms. The minimum absolute atomic E-state index is 0. The van der Waals surface area contributed by atoms with E-state index < -0.39 is 0 Å². The van der Waals surface area contributed by atoms with Crippen molar-refractivity contribution in [2.24, 2.45) is 5.73 Å². The molecule has 5 N–H and O–H groups in total. The number of nitrogens with two attached hydrogens (primary N) is 1. The molecule has 0 saturated carbocycles. The van der Waals surface area contributed by atoms with Crippen molar-refractivity contribution in [2.45, 2.75) is 0 Å². The zero-order valence-electron chi connectivity index (χ0n) is 5.89. The molecule has 0 aliphatic heterocycles. The van der Waals surface area contributed by atoms with E-state index in [1.807, 2.05) is 0 Å². The van der Waals surface area contributed by atoms with Crippen LogP contribution in [0.15, 0.2) is 12.7 Å². The van der Waals surface area contributed by atoms with E-state index in [9.17, 15) is 0 Å². The van der Waals surface area contributed by atoms with E-state index >= 15 is 0 Å². The maximum absolute atomic E-state index is 7.11. The largest absolute Gasteiger partial charge is 0.370 e. The fourth-order valence-electron chi connectivity index (χ4n) is 0.301. The van der Waals surface area contributed by atoms with Crippen LogP contribution in [-0.4, -0.2) is 16.9 Å². The Kier molecular flexibility index (Phi) is 8.74. The Bertz CT molecular complexity index is 159. The zero-order chi connectivity index (χ0) is 7.98. The van der Waals surface area contributed by atoms with Gasteiger partial charge in [-0.3, -0.25) is 10.8 Å². The topological polar surface area (TPSA) is 85.8 Å². The second kappa shape index (κ2) is 7.43. The van der Waals surface area contributed by atoms with Crippen molar-refractivity contribution in [1.29, 1.82) is 10.8 Å². The lowest BCUT2D eigenvalue weighted by molar-refractivity contribution is 1.24. The van der Waals surface area contributed by atoms with E-state index in [0.717, 1.165) is 0 Å². The van der Waals surface area contributed by atoms with E-state index in [4.69, 9.17) is 16.6 Å². The molecule has 64 valence electrons. The maximum Gasteiger partial charge on any atom is 0.191 e. The summed E-state index contributed by atoms with van der Waals surface area (Å²) in [5.74, 6) is 0.445. The van der Waals surface area contributed by atoms with E-state index in [1.165, 1.54) is 11.8 Å². The molecule has 0 spiro atoms. The summed E-state index contributed by atoms with van der Waals surface area (Å²) in [6.45, 7) is 3.48. The summed E-state index contributed by atoms with van der Waals surface area (Å²) in [5.41, 5.74) is 4.96. The van der Waals surface area contributed by atoms with Crippen LogP contribution in [0.3, 0.4) is 0 Å². The van der Waals surface area contributed by atoms with Crippen LogP contribution in [0.25, 0.3) is 0 Å². The fourth-order valence-corrected chi connectivity index (χ4v) is 0.767. The van der Waals surface area contributed by atoms with Crippen molar-refractivity contribution in [1.82, 2.24) is 5.32 Å². The number of amidine groups is 1. The first-order valence-corrected chi connectivity index (χ1v) is 3.58. The van der Waals surface area contributed by atoms with Gasteiger partial charge in [-0.2, -0.15) is 0 Å². The number of nitrogens with one attached hydrogen (secondary N) is 3. The van der Waals surface area contributed by atoms with Crippen LogP contribution in [0.2, 0.25) is 0 Å². The fraction of sp³-hybridized carbons (Fsp3) is 0.200. The third-order valence-electron chi connectivity index (χ3n) is 0.594. The van der Waals surface area contributed by atoms with E-state index in [-0.39, 0.29) is 23.5 Å². The van der Waals surface area contributed by atoms with Crippen LogP contribution in [0.1, 0.15) is 0 Å². The first-order valence-electron chi connectivity index (χ1n) is 2.60.